The number of carbonyl (C=O) groups is 3. The van der Waals surface area contributed by atoms with Gasteiger partial charge in [-0.05, 0) is 25.0 Å². The van der Waals surface area contributed by atoms with Gasteiger partial charge in [-0.15, -0.1) is 0 Å². The summed E-state index contributed by atoms with van der Waals surface area (Å²) in [7, 11) is 0. The van der Waals surface area contributed by atoms with Gasteiger partial charge in [0.2, 0.25) is 5.91 Å². The highest BCUT2D eigenvalue weighted by Crippen LogP contribution is 2.30. The normalized spacial score (nSPS) is 17.8. The standard InChI is InChI=1S/C16H16F3NO4/c17-16(18,19)11-4-1-3-10(9-11)13(21)6-7-14(22)20-8-2-5-12(20)15(23)24/h1,3-4,9,12H,2,5-8H2,(H,23,24)/t12-/m0/s1. The predicted octanol–water partition coefficient (Wildman–Crippen LogP) is 2.74. The summed E-state index contributed by atoms with van der Waals surface area (Å²) in [6, 6.07) is 3.13. The Kier molecular flexibility index (Phi) is 5.26. The highest BCUT2D eigenvalue weighted by molar-refractivity contribution is 5.98. The highest BCUT2D eigenvalue weighted by Gasteiger charge is 2.34. The number of carboxylic acids is 1. The van der Waals surface area contributed by atoms with E-state index in [1.807, 2.05) is 0 Å². The molecule has 0 aromatic heterocycles. The van der Waals surface area contributed by atoms with Crippen LogP contribution in [0.15, 0.2) is 24.3 Å². The SMILES string of the molecule is O=C(CCC(=O)N1CCC[C@H]1C(=O)O)c1cccc(C(F)(F)F)c1. The number of halogens is 3. The van der Waals surface area contributed by atoms with Gasteiger partial charge in [-0.3, -0.25) is 9.59 Å². The Hall–Kier alpha value is -2.38. The summed E-state index contributed by atoms with van der Waals surface area (Å²) >= 11 is 0. The number of amides is 1. The fourth-order valence-electron chi connectivity index (χ4n) is 2.70. The number of ketones is 1. The van der Waals surface area contributed by atoms with Crippen molar-refractivity contribution in [1.82, 2.24) is 4.90 Å². The maximum Gasteiger partial charge on any atom is 0.416 e. The monoisotopic (exact) mass is 343 g/mol. The van der Waals surface area contributed by atoms with Crippen molar-refractivity contribution in [3.05, 3.63) is 35.4 Å². The van der Waals surface area contributed by atoms with Crippen LogP contribution in [0.3, 0.4) is 0 Å². The Morgan fingerprint density at radius 1 is 1.21 bits per heavy atom. The lowest BCUT2D eigenvalue weighted by Gasteiger charge is -2.21. The second kappa shape index (κ2) is 7.02. The molecule has 1 aromatic carbocycles. The molecule has 1 amide bonds. The summed E-state index contributed by atoms with van der Waals surface area (Å²) in [5, 5.41) is 9.03. The zero-order chi connectivity index (χ0) is 17.9. The van der Waals surface area contributed by atoms with E-state index in [1.165, 1.54) is 11.0 Å². The number of hydrogen-bond acceptors (Lipinski definition) is 3. The molecule has 1 atom stereocenters. The van der Waals surface area contributed by atoms with Crippen molar-refractivity contribution >= 4 is 17.7 Å². The summed E-state index contributed by atoms with van der Waals surface area (Å²) in [4.78, 5) is 36.3. The van der Waals surface area contributed by atoms with Crippen LogP contribution in [0.5, 0.6) is 0 Å². The van der Waals surface area contributed by atoms with Crippen LogP contribution >= 0.6 is 0 Å². The van der Waals surface area contributed by atoms with Crippen LogP contribution in [-0.2, 0) is 15.8 Å². The van der Waals surface area contributed by atoms with Crippen LogP contribution in [0.2, 0.25) is 0 Å². The van der Waals surface area contributed by atoms with Crippen molar-refractivity contribution in [2.24, 2.45) is 0 Å². The molecule has 0 spiro atoms. The molecule has 5 nitrogen and oxygen atoms in total. The minimum absolute atomic E-state index is 0.117. The molecule has 24 heavy (non-hydrogen) atoms. The molecule has 130 valence electrons. The van der Waals surface area contributed by atoms with Crippen LogP contribution in [0.1, 0.15) is 41.6 Å². The number of carboxylic acid groups (broad SMARTS) is 1. The molecule has 0 aliphatic carbocycles. The highest BCUT2D eigenvalue weighted by atomic mass is 19.4. The van der Waals surface area contributed by atoms with Crippen LogP contribution in [0.4, 0.5) is 13.2 Å². The maximum absolute atomic E-state index is 12.6. The van der Waals surface area contributed by atoms with Gasteiger partial charge in [-0.1, -0.05) is 12.1 Å². The zero-order valence-corrected chi connectivity index (χ0v) is 12.7. The largest absolute Gasteiger partial charge is 0.480 e. The number of benzene rings is 1. The van der Waals surface area contributed by atoms with Gasteiger partial charge in [0.05, 0.1) is 5.56 Å². The third-order valence-corrected chi connectivity index (χ3v) is 3.94. The molecule has 8 heteroatoms. The average molecular weight is 343 g/mol. The van der Waals surface area contributed by atoms with Gasteiger partial charge >= 0.3 is 12.1 Å². The van der Waals surface area contributed by atoms with Crippen molar-refractivity contribution in [2.45, 2.75) is 37.9 Å². The Morgan fingerprint density at radius 2 is 1.92 bits per heavy atom. The molecule has 0 unspecified atom stereocenters. The molecule has 0 radical (unpaired) electrons. The third-order valence-electron chi connectivity index (χ3n) is 3.94. The van der Waals surface area contributed by atoms with Gasteiger partial charge in [-0.2, -0.15) is 13.2 Å². The minimum Gasteiger partial charge on any atom is -0.480 e. The quantitative estimate of drug-likeness (QED) is 0.834. The Labute approximate surface area is 136 Å². The summed E-state index contributed by atoms with van der Waals surface area (Å²) in [6.07, 6.45) is -4.09. The van der Waals surface area contributed by atoms with E-state index >= 15 is 0 Å². The van der Waals surface area contributed by atoms with E-state index in [-0.39, 0.29) is 18.4 Å². The van der Waals surface area contributed by atoms with Crippen molar-refractivity contribution in [3.63, 3.8) is 0 Å². The number of hydrogen-bond donors (Lipinski definition) is 1. The summed E-state index contributed by atoms with van der Waals surface area (Å²) in [6.45, 7) is 0.313. The molecular weight excluding hydrogens is 327 g/mol. The second-order valence-corrected chi connectivity index (χ2v) is 5.59. The van der Waals surface area contributed by atoms with E-state index in [0.717, 1.165) is 18.2 Å². The molecule has 1 aromatic rings. The van der Waals surface area contributed by atoms with Gasteiger partial charge in [-0.25, -0.2) is 4.79 Å². The van der Waals surface area contributed by atoms with E-state index in [2.05, 4.69) is 0 Å². The number of rotatable bonds is 5. The van der Waals surface area contributed by atoms with Gasteiger partial charge in [0.15, 0.2) is 5.78 Å². The Balaban J connectivity index is 1.98. The molecule has 0 saturated carbocycles. The molecule has 1 N–H and O–H groups in total. The number of likely N-dealkylation sites (tertiary alicyclic amines) is 1. The second-order valence-electron chi connectivity index (χ2n) is 5.59. The van der Waals surface area contributed by atoms with Crippen LogP contribution in [-0.4, -0.2) is 40.3 Å². The van der Waals surface area contributed by atoms with E-state index in [4.69, 9.17) is 5.11 Å². The first-order valence-corrected chi connectivity index (χ1v) is 7.43. The molecule has 1 aliphatic rings. The lowest BCUT2D eigenvalue weighted by atomic mass is 10.0. The van der Waals surface area contributed by atoms with E-state index in [0.29, 0.717) is 19.4 Å². The summed E-state index contributed by atoms with van der Waals surface area (Å²) < 4.78 is 37.9. The molecule has 2 rings (SSSR count). The molecular formula is C16H16F3NO4. The first-order chi connectivity index (χ1) is 11.2. The topological polar surface area (TPSA) is 74.7 Å². The summed E-state index contributed by atoms with van der Waals surface area (Å²) in [5.74, 6) is -2.15. The lowest BCUT2D eigenvalue weighted by molar-refractivity contribution is -0.148. The van der Waals surface area contributed by atoms with E-state index in [1.54, 1.807) is 0 Å². The van der Waals surface area contributed by atoms with Crippen LogP contribution in [0, 0.1) is 0 Å². The van der Waals surface area contributed by atoms with Gasteiger partial charge in [0, 0.05) is 24.9 Å². The van der Waals surface area contributed by atoms with E-state index in [9.17, 15) is 27.6 Å². The molecule has 1 saturated heterocycles. The van der Waals surface area contributed by atoms with Crippen molar-refractivity contribution in [1.29, 1.82) is 0 Å². The van der Waals surface area contributed by atoms with Gasteiger partial charge < -0.3 is 10.0 Å². The van der Waals surface area contributed by atoms with Crippen LogP contribution in [0.25, 0.3) is 0 Å². The Morgan fingerprint density at radius 3 is 2.54 bits per heavy atom. The Bertz CT molecular complexity index is 657. The average Bonchev–Trinajstić information content (AvgIpc) is 3.01. The first kappa shape index (κ1) is 18.0. The molecule has 1 heterocycles. The first-order valence-electron chi connectivity index (χ1n) is 7.43. The molecule has 0 bridgehead atoms. The van der Waals surface area contributed by atoms with Gasteiger partial charge in [0.1, 0.15) is 6.04 Å². The number of alkyl halides is 3. The fraction of sp³-hybridized carbons (Fsp3) is 0.438. The van der Waals surface area contributed by atoms with Gasteiger partial charge in [0.25, 0.3) is 0 Å². The third kappa shape index (κ3) is 4.12. The van der Waals surface area contributed by atoms with Crippen molar-refractivity contribution < 1.29 is 32.7 Å². The number of Topliss-reactive ketones (excluding diaryl/α,β-unsaturated/α-hetero) is 1. The number of aliphatic carboxylic acids is 1. The van der Waals surface area contributed by atoms with Crippen molar-refractivity contribution in [2.75, 3.05) is 6.54 Å². The zero-order valence-electron chi connectivity index (χ0n) is 12.7. The fourth-order valence-corrected chi connectivity index (χ4v) is 2.70. The lowest BCUT2D eigenvalue weighted by Crippen LogP contribution is -2.40. The van der Waals surface area contributed by atoms with Crippen LogP contribution < -0.4 is 0 Å². The summed E-state index contributed by atoms with van der Waals surface area (Å²) in [5.41, 5.74) is -1.04. The number of carbonyl (C=O) groups excluding carboxylic acids is 2. The molecule has 1 fully saturated rings. The van der Waals surface area contributed by atoms with E-state index < -0.39 is 35.4 Å². The maximum atomic E-state index is 12.6. The molecule has 1 aliphatic heterocycles. The smallest absolute Gasteiger partial charge is 0.416 e. The predicted molar refractivity (Wildman–Crippen MR) is 77.4 cm³/mol. The minimum atomic E-state index is -4.55. The van der Waals surface area contributed by atoms with Crippen molar-refractivity contribution in [3.8, 4) is 0 Å². The number of nitrogens with zero attached hydrogens (tertiary/aromatic N) is 1.